The van der Waals surface area contributed by atoms with E-state index in [1.165, 1.54) is 7.11 Å². The Labute approximate surface area is 86.2 Å². The van der Waals surface area contributed by atoms with Gasteiger partial charge in [-0.1, -0.05) is 0 Å². The number of ether oxygens (including phenoxy) is 2. The van der Waals surface area contributed by atoms with E-state index in [1.54, 1.807) is 6.92 Å². The number of carbonyl (C=O) groups is 2. The largest absolute Gasteiger partial charge is 0.547 e. The minimum atomic E-state index is -2.26. The molecular weight excluding hydrogens is 208 g/mol. The maximum atomic E-state index is 10.4. The zero-order valence-electron chi connectivity index (χ0n) is 8.34. The number of aliphatic carboxylic acids is 2. The molecular formula is C8H12O7-2. The van der Waals surface area contributed by atoms with Crippen LogP contribution in [0.4, 0.5) is 0 Å². The zero-order chi connectivity index (χ0) is 12.0. The molecule has 0 radical (unpaired) electrons. The molecule has 0 aliphatic carbocycles. The molecule has 1 N–H and O–H groups in total. The number of carboxylic acids is 2. The Hall–Kier alpha value is -1.18. The Bertz CT molecular complexity index is 227. The van der Waals surface area contributed by atoms with Crippen LogP contribution in [0.3, 0.4) is 0 Å². The Balaban J connectivity index is 4.29. The second-order valence-corrected chi connectivity index (χ2v) is 2.88. The molecule has 0 aromatic rings. The van der Waals surface area contributed by atoms with Crippen molar-refractivity contribution in [1.29, 1.82) is 0 Å². The molecule has 0 saturated carbocycles. The van der Waals surface area contributed by atoms with Gasteiger partial charge in [0.25, 0.3) is 0 Å². The molecule has 0 aromatic heterocycles. The maximum Gasteiger partial charge on any atom is 0.128 e. The predicted molar refractivity (Wildman–Crippen MR) is 42.2 cm³/mol. The maximum absolute atomic E-state index is 10.4. The normalized spacial score (nSPS) is 16.7. The van der Waals surface area contributed by atoms with E-state index in [0.717, 1.165) is 0 Å². The first-order valence-corrected chi connectivity index (χ1v) is 4.14. The van der Waals surface area contributed by atoms with Crippen molar-refractivity contribution >= 4 is 11.9 Å². The number of aliphatic hydroxyl groups excluding tert-OH is 1. The average molecular weight is 220 g/mol. The fourth-order valence-corrected chi connectivity index (χ4v) is 0.719. The summed E-state index contributed by atoms with van der Waals surface area (Å²) in [5.74, 6) is -3.76. The fourth-order valence-electron chi connectivity index (χ4n) is 0.719. The molecule has 0 spiro atoms. The van der Waals surface area contributed by atoms with Gasteiger partial charge in [-0.25, -0.2) is 0 Å². The van der Waals surface area contributed by atoms with Crippen LogP contribution < -0.4 is 10.2 Å². The van der Waals surface area contributed by atoms with E-state index in [1.807, 2.05) is 0 Å². The summed E-state index contributed by atoms with van der Waals surface area (Å²) in [5, 5.41) is 29.5. The van der Waals surface area contributed by atoms with Gasteiger partial charge in [-0.3, -0.25) is 0 Å². The third kappa shape index (κ3) is 4.73. The highest BCUT2D eigenvalue weighted by Gasteiger charge is 2.23. The van der Waals surface area contributed by atoms with Crippen LogP contribution in [0.15, 0.2) is 0 Å². The quantitative estimate of drug-likeness (QED) is 0.468. The van der Waals surface area contributed by atoms with Gasteiger partial charge in [-0.2, -0.15) is 0 Å². The van der Waals surface area contributed by atoms with Gasteiger partial charge >= 0.3 is 0 Å². The molecule has 3 unspecified atom stereocenters. The molecule has 0 heterocycles. The molecule has 0 fully saturated rings. The summed E-state index contributed by atoms with van der Waals surface area (Å²) in [4.78, 5) is 20.6. The topological polar surface area (TPSA) is 119 Å². The zero-order valence-corrected chi connectivity index (χ0v) is 8.34. The van der Waals surface area contributed by atoms with E-state index < -0.39 is 30.3 Å². The highest BCUT2D eigenvalue weighted by molar-refractivity contribution is 5.81. The van der Waals surface area contributed by atoms with E-state index in [2.05, 4.69) is 4.74 Å². The molecule has 0 saturated heterocycles. The Morgan fingerprint density at radius 2 is 1.87 bits per heavy atom. The molecule has 15 heavy (non-hydrogen) atoms. The van der Waals surface area contributed by atoms with Crippen LogP contribution in [-0.4, -0.2) is 49.1 Å². The van der Waals surface area contributed by atoms with Crippen LogP contribution in [0, 0.1) is 0 Å². The van der Waals surface area contributed by atoms with Gasteiger partial charge in [0.05, 0.1) is 24.6 Å². The van der Waals surface area contributed by atoms with E-state index in [0.29, 0.717) is 0 Å². The molecule has 7 nitrogen and oxygen atoms in total. The summed E-state index contributed by atoms with van der Waals surface area (Å²) < 4.78 is 9.36. The van der Waals surface area contributed by atoms with Crippen LogP contribution in [0.5, 0.6) is 0 Å². The minimum Gasteiger partial charge on any atom is -0.547 e. The van der Waals surface area contributed by atoms with Gasteiger partial charge in [0, 0.05) is 7.11 Å². The molecule has 88 valence electrons. The number of aliphatic hydroxyl groups is 1. The molecule has 0 aliphatic rings. The van der Waals surface area contributed by atoms with Gasteiger partial charge in [0.2, 0.25) is 0 Å². The van der Waals surface area contributed by atoms with E-state index in [9.17, 15) is 19.8 Å². The number of rotatable bonds is 7. The molecule has 0 bridgehead atoms. The first-order chi connectivity index (χ1) is 6.90. The van der Waals surface area contributed by atoms with Crippen molar-refractivity contribution in [2.45, 2.75) is 25.2 Å². The predicted octanol–water partition coefficient (Wildman–Crippen LogP) is -3.73. The number of hydrogen-bond donors (Lipinski definition) is 1. The molecule has 0 aliphatic heterocycles. The van der Waals surface area contributed by atoms with Crippen molar-refractivity contribution in [1.82, 2.24) is 0 Å². The van der Waals surface area contributed by atoms with E-state index >= 15 is 0 Å². The first kappa shape index (κ1) is 13.8. The molecule has 0 amide bonds. The third-order valence-electron chi connectivity index (χ3n) is 1.67. The Morgan fingerprint density at radius 3 is 2.20 bits per heavy atom. The highest BCUT2D eigenvalue weighted by atomic mass is 16.6. The lowest BCUT2D eigenvalue weighted by Crippen LogP contribution is -2.53. The van der Waals surface area contributed by atoms with E-state index in [-0.39, 0.29) is 6.61 Å². The molecule has 0 rings (SSSR count). The van der Waals surface area contributed by atoms with Crippen molar-refractivity contribution < 1.29 is 34.4 Å². The summed E-state index contributed by atoms with van der Waals surface area (Å²) in [7, 11) is 1.37. The highest BCUT2D eigenvalue weighted by Crippen LogP contribution is 2.01. The van der Waals surface area contributed by atoms with Gasteiger partial charge in [0.15, 0.2) is 0 Å². The second-order valence-electron chi connectivity index (χ2n) is 2.88. The van der Waals surface area contributed by atoms with Crippen molar-refractivity contribution in [2.24, 2.45) is 0 Å². The standard InChI is InChI=1S/C8H14O7/c1-4(14-2)3-15-6(8(12)13)5(9)7(10)11/h4-6,9H,3H2,1-2H3,(H,10,11)(H,12,13)/p-2. The molecule has 0 aromatic carbocycles. The number of carboxylic acid groups (broad SMARTS) is 2. The van der Waals surface area contributed by atoms with Crippen LogP contribution in [0.2, 0.25) is 0 Å². The van der Waals surface area contributed by atoms with E-state index in [4.69, 9.17) is 9.84 Å². The van der Waals surface area contributed by atoms with Crippen LogP contribution in [0.1, 0.15) is 6.92 Å². The summed E-state index contributed by atoms with van der Waals surface area (Å²) >= 11 is 0. The van der Waals surface area contributed by atoms with Gasteiger partial charge in [-0.05, 0) is 6.92 Å². The molecule has 3 atom stereocenters. The number of hydrogen-bond acceptors (Lipinski definition) is 7. The van der Waals surface area contributed by atoms with Gasteiger partial charge in [0.1, 0.15) is 12.2 Å². The summed E-state index contributed by atoms with van der Waals surface area (Å²) in [5.41, 5.74) is 0. The van der Waals surface area contributed by atoms with Crippen molar-refractivity contribution in [3.05, 3.63) is 0 Å². The van der Waals surface area contributed by atoms with Gasteiger partial charge < -0.3 is 34.4 Å². The monoisotopic (exact) mass is 220 g/mol. The second kappa shape index (κ2) is 6.33. The average Bonchev–Trinajstić information content (AvgIpc) is 2.16. The molecule has 7 heteroatoms. The summed E-state index contributed by atoms with van der Waals surface area (Å²) in [6.07, 6.45) is -4.66. The van der Waals surface area contributed by atoms with Crippen molar-refractivity contribution in [3.63, 3.8) is 0 Å². The van der Waals surface area contributed by atoms with Crippen LogP contribution in [-0.2, 0) is 19.1 Å². The Morgan fingerprint density at radius 1 is 1.33 bits per heavy atom. The van der Waals surface area contributed by atoms with Crippen molar-refractivity contribution in [3.8, 4) is 0 Å². The van der Waals surface area contributed by atoms with Crippen molar-refractivity contribution in [2.75, 3.05) is 13.7 Å². The van der Waals surface area contributed by atoms with Crippen LogP contribution in [0.25, 0.3) is 0 Å². The lowest BCUT2D eigenvalue weighted by molar-refractivity contribution is -0.336. The Kier molecular flexibility index (Phi) is 5.83. The van der Waals surface area contributed by atoms with Gasteiger partial charge in [-0.15, -0.1) is 0 Å². The minimum absolute atomic E-state index is 0.181. The SMILES string of the molecule is COC(C)COC(C(=O)[O-])C(O)C(=O)[O-]. The first-order valence-electron chi connectivity index (χ1n) is 4.14. The smallest absolute Gasteiger partial charge is 0.128 e. The number of methoxy groups -OCH3 is 1. The van der Waals surface area contributed by atoms with Crippen LogP contribution >= 0.6 is 0 Å². The third-order valence-corrected chi connectivity index (χ3v) is 1.67. The number of carbonyl (C=O) groups excluding carboxylic acids is 2. The summed E-state index contributed by atoms with van der Waals surface area (Å²) in [6.45, 7) is 1.40. The summed E-state index contributed by atoms with van der Waals surface area (Å²) in [6, 6.07) is 0. The fraction of sp³-hybridized carbons (Fsp3) is 0.750. The lowest BCUT2D eigenvalue weighted by Gasteiger charge is -2.25. The lowest BCUT2D eigenvalue weighted by atomic mass is 10.2.